The molecule has 3 aromatic rings. The van der Waals surface area contributed by atoms with Crippen LogP contribution in [-0.4, -0.2) is 44.6 Å². The third kappa shape index (κ3) is 4.57. The van der Waals surface area contributed by atoms with Gasteiger partial charge < -0.3 is 10.2 Å². The van der Waals surface area contributed by atoms with Crippen LogP contribution in [0.2, 0.25) is 5.02 Å². The third-order valence-electron chi connectivity index (χ3n) is 5.75. The number of hydrogen-bond donors (Lipinski definition) is 2. The number of hydrogen-bond acceptors (Lipinski definition) is 4. The van der Waals surface area contributed by atoms with Crippen LogP contribution in [0.1, 0.15) is 35.4 Å². The van der Waals surface area contributed by atoms with Gasteiger partial charge in [0.2, 0.25) is 5.91 Å². The van der Waals surface area contributed by atoms with E-state index < -0.39 is 0 Å². The SMILES string of the molecule is Cc1nc2ncnn2c(C)c1CC(=O)NC1CC[NH+](Cc2ccc(Cl)cc2)CC1. The maximum Gasteiger partial charge on any atom is 0.252 e. The summed E-state index contributed by atoms with van der Waals surface area (Å²) in [5.41, 5.74) is 3.97. The van der Waals surface area contributed by atoms with E-state index in [9.17, 15) is 4.79 Å². The molecule has 0 aliphatic carbocycles. The van der Waals surface area contributed by atoms with E-state index >= 15 is 0 Å². The van der Waals surface area contributed by atoms with Gasteiger partial charge in [0.05, 0.1) is 19.5 Å². The molecule has 1 fully saturated rings. The largest absolute Gasteiger partial charge is 0.353 e. The normalized spacial score (nSPS) is 19.4. The van der Waals surface area contributed by atoms with E-state index in [1.807, 2.05) is 26.0 Å². The van der Waals surface area contributed by atoms with Crippen LogP contribution in [0.4, 0.5) is 0 Å². The Balaban J connectivity index is 1.30. The molecule has 152 valence electrons. The van der Waals surface area contributed by atoms with Crippen LogP contribution in [0, 0.1) is 13.8 Å². The summed E-state index contributed by atoms with van der Waals surface area (Å²) in [6.45, 7) is 6.98. The number of nitrogens with zero attached hydrogens (tertiary/aromatic N) is 4. The maximum atomic E-state index is 12.7. The number of aryl methyl sites for hydroxylation is 2. The van der Waals surface area contributed by atoms with Crippen molar-refractivity contribution in [2.45, 2.75) is 45.7 Å². The van der Waals surface area contributed by atoms with E-state index in [1.54, 1.807) is 9.42 Å². The summed E-state index contributed by atoms with van der Waals surface area (Å²) < 4.78 is 1.69. The van der Waals surface area contributed by atoms with Crippen molar-refractivity contribution in [3.05, 3.63) is 58.1 Å². The number of quaternary nitrogens is 1. The molecule has 0 atom stereocenters. The summed E-state index contributed by atoms with van der Waals surface area (Å²) in [4.78, 5) is 22.8. The molecule has 0 unspecified atom stereocenters. The Morgan fingerprint density at radius 3 is 2.69 bits per heavy atom. The Bertz CT molecular complexity index is 1010. The third-order valence-corrected chi connectivity index (χ3v) is 6.00. The van der Waals surface area contributed by atoms with E-state index in [2.05, 4.69) is 32.5 Å². The first-order valence-corrected chi connectivity index (χ1v) is 10.4. The summed E-state index contributed by atoms with van der Waals surface area (Å²) in [5, 5.41) is 8.18. The predicted molar refractivity (Wildman–Crippen MR) is 111 cm³/mol. The van der Waals surface area contributed by atoms with Gasteiger partial charge in [-0.3, -0.25) is 4.79 Å². The molecule has 0 bridgehead atoms. The van der Waals surface area contributed by atoms with Gasteiger partial charge in [0.15, 0.2) is 0 Å². The monoisotopic (exact) mass is 413 g/mol. The zero-order valence-electron chi connectivity index (χ0n) is 16.8. The summed E-state index contributed by atoms with van der Waals surface area (Å²) in [6, 6.07) is 8.30. The van der Waals surface area contributed by atoms with Gasteiger partial charge in [-0.25, -0.2) is 9.50 Å². The molecule has 0 saturated carbocycles. The molecule has 1 aliphatic heterocycles. The molecule has 1 aliphatic rings. The lowest BCUT2D eigenvalue weighted by Gasteiger charge is -2.30. The highest BCUT2D eigenvalue weighted by atomic mass is 35.5. The topological polar surface area (TPSA) is 76.6 Å². The van der Waals surface area contributed by atoms with E-state index in [1.165, 1.54) is 11.9 Å². The van der Waals surface area contributed by atoms with Crippen molar-refractivity contribution >= 4 is 23.3 Å². The fourth-order valence-corrected chi connectivity index (χ4v) is 4.21. The highest BCUT2D eigenvalue weighted by molar-refractivity contribution is 6.30. The molecule has 2 aromatic heterocycles. The maximum absolute atomic E-state index is 12.7. The fraction of sp³-hybridized carbons (Fsp3) is 0.429. The van der Waals surface area contributed by atoms with Crippen LogP contribution in [0.25, 0.3) is 5.78 Å². The molecule has 4 rings (SSSR count). The minimum atomic E-state index is 0.0450. The van der Waals surface area contributed by atoms with Crippen LogP contribution >= 0.6 is 11.6 Å². The number of nitrogens with one attached hydrogen (secondary N) is 2. The number of aromatic nitrogens is 4. The molecular formula is C21H26ClN6O+. The lowest BCUT2D eigenvalue weighted by Crippen LogP contribution is -3.12. The van der Waals surface area contributed by atoms with Gasteiger partial charge >= 0.3 is 0 Å². The average molecular weight is 414 g/mol. The van der Waals surface area contributed by atoms with E-state index in [0.29, 0.717) is 12.2 Å². The molecule has 0 spiro atoms. The summed E-state index contributed by atoms with van der Waals surface area (Å²) in [5.74, 6) is 0.615. The predicted octanol–water partition coefficient (Wildman–Crippen LogP) is 1.30. The summed E-state index contributed by atoms with van der Waals surface area (Å²) in [6.07, 6.45) is 3.79. The molecule has 1 saturated heterocycles. The molecule has 2 N–H and O–H groups in total. The van der Waals surface area contributed by atoms with Gasteiger partial charge in [0.1, 0.15) is 12.9 Å². The molecular weight excluding hydrogens is 388 g/mol. The number of carbonyl (C=O) groups is 1. The van der Waals surface area contributed by atoms with Crippen molar-refractivity contribution in [3.8, 4) is 0 Å². The van der Waals surface area contributed by atoms with Crippen molar-refractivity contribution in [1.29, 1.82) is 0 Å². The minimum Gasteiger partial charge on any atom is -0.353 e. The van der Waals surface area contributed by atoms with Crippen LogP contribution < -0.4 is 10.2 Å². The summed E-state index contributed by atoms with van der Waals surface area (Å²) >= 11 is 5.96. The standard InChI is InChI=1S/C21H25ClN6O/c1-14-19(15(2)28-21(25-14)23-13-24-28)11-20(29)26-18-7-9-27(10-8-18)12-16-3-5-17(22)6-4-16/h3-6,13,18H,7-12H2,1-2H3,(H,26,29)/p+1. The molecule has 1 aromatic carbocycles. The highest BCUT2D eigenvalue weighted by Crippen LogP contribution is 2.14. The van der Waals surface area contributed by atoms with Crippen LogP contribution in [0.15, 0.2) is 30.6 Å². The smallest absolute Gasteiger partial charge is 0.252 e. The number of halogens is 1. The van der Waals surface area contributed by atoms with Gasteiger partial charge in [0.25, 0.3) is 5.78 Å². The molecule has 3 heterocycles. The average Bonchev–Trinajstić information content (AvgIpc) is 3.17. The number of likely N-dealkylation sites (tertiary alicyclic amines) is 1. The van der Waals surface area contributed by atoms with Crippen molar-refractivity contribution in [2.75, 3.05) is 13.1 Å². The van der Waals surface area contributed by atoms with Crippen LogP contribution in [-0.2, 0) is 17.8 Å². The molecule has 0 radical (unpaired) electrons. The van der Waals surface area contributed by atoms with Crippen LogP contribution in [0.3, 0.4) is 0 Å². The zero-order valence-corrected chi connectivity index (χ0v) is 17.5. The molecule has 7 nitrogen and oxygen atoms in total. The van der Waals surface area contributed by atoms with Crippen molar-refractivity contribution in [1.82, 2.24) is 24.9 Å². The second kappa shape index (κ2) is 8.47. The Morgan fingerprint density at radius 2 is 1.97 bits per heavy atom. The second-order valence-electron chi connectivity index (χ2n) is 7.80. The molecule has 29 heavy (non-hydrogen) atoms. The number of carbonyl (C=O) groups excluding carboxylic acids is 1. The second-order valence-corrected chi connectivity index (χ2v) is 8.24. The van der Waals surface area contributed by atoms with Crippen molar-refractivity contribution in [3.63, 3.8) is 0 Å². The lowest BCUT2D eigenvalue weighted by molar-refractivity contribution is -0.918. The Kier molecular flexibility index (Phi) is 5.78. The van der Waals surface area contributed by atoms with Gasteiger partial charge in [-0.2, -0.15) is 10.1 Å². The fourth-order valence-electron chi connectivity index (χ4n) is 4.09. The number of amides is 1. The van der Waals surface area contributed by atoms with Gasteiger partial charge in [0, 0.05) is 46.4 Å². The van der Waals surface area contributed by atoms with E-state index in [4.69, 9.17) is 11.6 Å². The number of rotatable bonds is 5. The summed E-state index contributed by atoms with van der Waals surface area (Å²) in [7, 11) is 0. The quantitative estimate of drug-likeness (QED) is 0.661. The Morgan fingerprint density at radius 1 is 1.24 bits per heavy atom. The first kappa shape index (κ1) is 19.8. The molecule has 8 heteroatoms. The van der Waals surface area contributed by atoms with E-state index in [-0.39, 0.29) is 11.9 Å². The molecule has 1 amide bonds. The number of fused-ring (bicyclic) bond motifs is 1. The van der Waals surface area contributed by atoms with Crippen LogP contribution in [0.5, 0.6) is 0 Å². The zero-order chi connectivity index (χ0) is 20.4. The highest BCUT2D eigenvalue weighted by Gasteiger charge is 2.24. The van der Waals surface area contributed by atoms with Crippen molar-refractivity contribution < 1.29 is 9.69 Å². The first-order chi connectivity index (χ1) is 14.0. The first-order valence-electron chi connectivity index (χ1n) is 10.0. The van der Waals surface area contributed by atoms with Gasteiger partial charge in [-0.05, 0) is 26.0 Å². The minimum absolute atomic E-state index is 0.0450. The van der Waals surface area contributed by atoms with E-state index in [0.717, 1.165) is 54.4 Å². The van der Waals surface area contributed by atoms with Crippen molar-refractivity contribution in [2.24, 2.45) is 0 Å². The Hall–Kier alpha value is -2.51. The number of benzene rings is 1. The number of piperidine rings is 1. The lowest BCUT2D eigenvalue weighted by atomic mass is 10.0. The van der Waals surface area contributed by atoms with Gasteiger partial charge in [-0.1, -0.05) is 23.7 Å². The Labute approximate surface area is 175 Å². The van der Waals surface area contributed by atoms with Gasteiger partial charge in [-0.15, -0.1) is 0 Å².